The maximum Gasteiger partial charge on any atom is 0.410 e. The number of aromatic nitrogens is 1. The van der Waals surface area contributed by atoms with E-state index in [0.717, 1.165) is 5.52 Å². The Kier molecular flexibility index (Phi) is 3.97. The number of amides is 1. The summed E-state index contributed by atoms with van der Waals surface area (Å²) in [6, 6.07) is 6.13. The molecule has 1 aromatic heterocycles. The summed E-state index contributed by atoms with van der Waals surface area (Å²) >= 11 is 0. The van der Waals surface area contributed by atoms with E-state index in [4.69, 9.17) is 4.74 Å². The molecule has 6 nitrogen and oxygen atoms in total. The minimum absolute atomic E-state index is 0.131. The number of carbonyl (C=O) groups excluding carboxylic acids is 1. The van der Waals surface area contributed by atoms with E-state index in [1.165, 1.54) is 17.0 Å². The highest BCUT2D eigenvalue weighted by Crippen LogP contribution is 2.37. The van der Waals surface area contributed by atoms with Crippen LogP contribution in [-0.2, 0) is 15.1 Å². The van der Waals surface area contributed by atoms with Crippen molar-refractivity contribution in [2.75, 3.05) is 13.1 Å². The number of fused-ring (bicyclic) bond motifs is 1. The van der Waals surface area contributed by atoms with E-state index in [9.17, 15) is 19.1 Å². The van der Waals surface area contributed by atoms with Gasteiger partial charge in [-0.2, -0.15) is 0 Å². The molecule has 0 unspecified atom stereocenters. The van der Waals surface area contributed by atoms with Crippen molar-refractivity contribution in [1.29, 1.82) is 0 Å². The Morgan fingerprint density at radius 1 is 1.28 bits per heavy atom. The highest BCUT2D eigenvalue weighted by Gasteiger charge is 2.49. The number of halogens is 1. The van der Waals surface area contributed by atoms with Crippen LogP contribution < -0.4 is 0 Å². The summed E-state index contributed by atoms with van der Waals surface area (Å²) in [6.45, 7) is 5.81. The second-order valence-electron chi connectivity index (χ2n) is 7.52. The lowest BCUT2D eigenvalue weighted by Gasteiger charge is -2.50. The minimum Gasteiger partial charge on any atom is -0.481 e. The number of aliphatic carboxylic acids is 1. The van der Waals surface area contributed by atoms with Gasteiger partial charge in [-0.05, 0) is 45.0 Å². The number of rotatable bonds is 3. The van der Waals surface area contributed by atoms with Gasteiger partial charge in [0.1, 0.15) is 11.4 Å². The molecule has 0 aliphatic carbocycles. The summed E-state index contributed by atoms with van der Waals surface area (Å²) < 4.78 is 20.6. The largest absolute Gasteiger partial charge is 0.481 e. The Hall–Kier alpha value is -2.57. The maximum absolute atomic E-state index is 13.4. The lowest BCUT2D eigenvalue weighted by atomic mass is 9.86. The van der Waals surface area contributed by atoms with Crippen molar-refractivity contribution >= 4 is 23.0 Å². The van der Waals surface area contributed by atoms with Crippen LogP contribution in [0.3, 0.4) is 0 Å². The van der Waals surface area contributed by atoms with E-state index >= 15 is 0 Å². The number of carbonyl (C=O) groups is 2. The fourth-order valence-corrected chi connectivity index (χ4v) is 3.28. The Morgan fingerprint density at radius 2 is 1.96 bits per heavy atom. The molecule has 25 heavy (non-hydrogen) atoms. The van der Waals surface area contributed by atoms with Crippen LogP contribution in [0, 0.1) is 5.82 Å². The van der Waals surface area contributed by atoms with Crippen molar-refractivity contribution < 1.29 is 23.8 Å². The van der Waals surface area contributed by atoms with Crippen LogP contribution in [0.2, 0.25) is 0 Å². The van der Waals surface area contributed by atoms with Crippen molar-refractivity contribution in [2.45, 2.75) is 38.3 Å². The second-order valence-corrected chi connectivity index (χ2v) is 7.52. The number of hydrogen-bond acceptors (Lipinski definition) is 3. The number of hydrogen-bond donors (Lipinski definition) is 1. The molecule has 1 N–H and O–H groups in total. The first-order valence-electron chi connectivity index (χ1n) is 8.06. The topological polar surface area (TPSA) is 71.8 Å². The van der Waals surface area contributed by atoms with E-state index in [2.05, 4.69) is 0 Å². The highest BCUT2D eigenvalue weighted by atomic mass is 19.1. The molecule has 2 aromatic rings. The zero-order valence-corrected chi connectivity index (χ0v) is 14.5. The Bertz CT molecular complexity index is 831. The van der Waals surface area contributed by atoms with Crippen molar-refractivity contribution in [2.24, 2.45) is 0 Å². The van der Waals surface area contributed by atoms with Crippen LogP contribution in [-0.4, -0.2) is 45.3 Å². The van der Waals surface area contributed by atoms with Gasteiger partial charge in [-0.25, -0.2) is 9.18 Å². The molecule has 0 bridgehead atoms. The quantitative estimate of drug-likeness (QED) is 0.925. The number of carboxylic acid groups (broad SMARTS) is 1. The zero-order valence-electron chi connectivity index (χ0n) is 14.5. The average molecular weight is 348 g/mol. The molecule has 1 aliphatic rings. The van der Waals surface area contributed by atoms with E-state index in [1.54, 1.807) is 39.1 Å². The smallest absolute Gasteiger partial charge is 0.410 e. The normalized spacial score (nSPS) is 16.6. The van der Waals surface area contributed by atoms with Gasteiger partial charge >= 0.3 is 12.1 Å². The van der Waals surface area contributed by atoms with Gasteiger partial charge in [0.25, 0.3) is 0 Å². The molecule has 0 atom stereocenters. The van der Waals surface area contributed by atoms with E-state index in [0.29, 0.717) is 5.39 Å². The van der Waals surface area contributed by atoms with Crippen LogP contribution in [0.25, 0.3) is 10.9 Å². The fourth-order valence-electron chi connectivity index (χ4n) is 3.28. The molecular formula is C18H21FN2O4. The zero-order chi connectivity index (χ0) is 18.4. The summed E-state index contributed by atoms with van der Waals surface area (Å²) in [5.74, 6) is -1.30. The first kappa shape index (κ1) is 17.3. The molecule has 134 valence electrons. The van der Waals surface area contributed by atoms with Gasteiger partial charge in [0, 0.05) is 30.2 Å². The van der Waals surface area contributed by atoms with Crippen molar-refractivity contribution in [3.05, 3.63) is 36.3 Å². The predicted molar refractivity (Wildman–Crippen MR) is 89.9 cm³/mol. The van der Waals surface area contributed by atoms with Crippen molar-refractivity contribution in [3.63, 3.8) is 0 Å². The number of carboxylic acids is 1. The molecule has 0 saturated carbocycles. The van der Waals surface area contributed by atoms with Gasteiger partial charge < -0.3 is 19.3 Å². The van der Waals surface area contributed by atoms with E-state index in [1.807, 2.05) is 4.57 Å². The van der Waals surface area contributed by atoms with Crippen LogP contribution in [0.4, 0.5) is 9.18 Å². The molecule has 7 heteroatoms. The van der Waals surface area contributed by atoms with E-state index < -0.39 is 23.2 Å². The summed E-state index contributed by atoms with van der Waals surface area (Å²) in [6.07, 6.45) is 1.16. The van der Waals surface area contributed by atoms with Crippen LogP contribution in [0.5, 0.6) is 0 Å². The molecule has 0 radical (unpaired) electrons. The fraction of sp³-hybridized carbons (Fsp3) is 0.444. The van der Waals surface area contributed by atoms with Gasteiger partial charge in [0.05, 0.1) is 12.0 Å². The average Bonchev–Trinajstić information content (AvgIpc) is 2.83. The molecule has 2 heterocycles. The lowest BCUT2D eigenvalue weighted by molar-refractivity contribution is -0.142. The second kappa shape index (κ2) is 5.75. The van der Waals surface area contributed by atoms with E-state index in [-0.39, 0.29) is 25.3 Å². The van der Waals surface area contributed by atoms with Gasteiger partial charge in [-0.3, -0.25) is 4.79 Å². The number of ether oxygens (including phenoxy) is 1. The highest BCUT2D eigenvalue weighted by molar-refractivity contribution is 5.81. The van der Waals surface area contributed by atoms with Gasteiger partial charge in [-0.1, -0.05) is 0 Å². The molecule has 1 fully saturated rings. The molecule has 3 rings (SSSR count). The molecule has 1 amide bonds. The predicted octanol–water partition coefficient (Wildman–Crippen LogP) is 3.20. The molecule has 1 aromatic carbocycles. The van der Waals surface area contributed by atoms with Gasteiger partial charge in [-0.15, -0.1) is 0 Å². The standard InChI is InChI=1S/C18H21FN2O4/c1-17(2,3)25-16(24)20-10-18(11-20,9-15(22)23)21-7-6-12-8-13(19)4-5-14(12)21/h4-8H,9-11H2,1-3H3,(H,22,23). The molecule has 0 spiro atoms. The third-order valence-electron chi connectivity index (χ3n) is 4.27. The van der Waals surface area contributed by atoms with Crippen LogP contribution in [0.1, 0.15) is 27.2 Å². The van der Waals surface area contributed by atoms with Crippen molar-refractivity contribution in [3.8, 4) is 0 Å². The lowest BCUT2D eigenvalue weighted by Crippen LogP contribution is -2.65. The minimum atomic E-state index is -0.951. The first-order valence-corrected chi connectivity index (χ1v) is 8.06. The number of nitrogens with zero attached hydrogens (tertiary/aromatic N) is 2. The molecule has 1 saturated heterocycles. The maximum atomic E-state index is 13.4. The third kappa shape index (κ3) is 3.31. The summed E-state index contributed by atoms with van der Waals surface area (Å²) in [5, 5.41) is 10.0. The van der Waals surface area contributed by atoms with Gasteiger partial charge in [0.2, 0.25) is 0 Å². The number of likely N-dealkylation sites (tertiary alicyclic amines) is 1. The van der Waals surface area contributed by atoms with Crippen molar-refractivity contribution in [1.82, 2.24) is 9.47 Å². The monoisotopic (exact) mass is 348 g/mol. The Morgan fingerprint density at radius 3 is 2.56 bits per heavy atom. The Balaban J connectivity index is 1.89. The number of benzene rings is 1. The van der Waals surface area contributed by atoms with Crippen LogP contribution >= 0.6 is 0 Å². The summed E-state index contributed by atoms with van der Waals surface area (Å²) in [7, 11) is 0. The summed E-state index contributed by atoms with van der Waals surface area (Å²) in [5.41, 5.74) is -0.631. The Labute approximate surface area is 144 Å². The first-order chi connectivity index (χ1) is 11.6. The SMILES string of the molecule is CC(C)(C)OC(=O)N1CC(CC(=O)O)(n2ccc3cc(F)ccc32)C1. The van der Waals surface area contributed by atoms with Gasteiger partial charge in [0.15, 0.2) is 0 Å². The molecule has 1 aliphatic heterocycles. The van der Waals surface area contributed by atoms with Crippen LogP contribution in [0.15, 0.2) is 30.5 Å². The summed E-state index contributed by atoms with van der Waals surface area (Å²) in [4.78, 5) is 25.1. The third-order valence-corrected chi connectivity index (χ3v) is 4.27. The molecular weight excluding hydrogens is 327 g/mol.